The van der Waals surface area contributed by atoms with Crippen LogP contribution >= 0.6 is 0 Å². The van der Waals surface area contributed by atoms with Crippen LogP contribution in [0.1, 0.15) is 22.5 Å². The fourth-order valence-corrected chi connectivity index (χ4v) is 3.23. The Morgan fingerprint density at radius 1 is 1.07 bits per heavy atom. The van der Waals surface area contributed by atoms with Gasteiger partial charge < -0.3 is 9.30 Å². The molecule has 0 N–H and O–H groups in total. The molecule has 0 radical (unpaired) electrons. The molecular formula is C22H21N3O2. The van der Waals surface area contributed by atoms with E-state index in [2.05, 4.69) is 12.1 Å². The predicted octanol–water partition coefficient (Wildman–Crippen LogP) is 3.92. The molecule has 3 aromatic rings. The predicted molar refractivity (Wildman–Crippen MR) is 107 cm³/mol. The highest BCUT2D eigenvalue weighted by molar-refractivity contribution is 5.95. The van der Waals surface area contributed by atoms with Crippen molar-refractivity contribution < 1.29 is 9.53 Å². The molecule has 1 aromatic heterocycles. The van der Waals surface area contributed by atoms with Crippen LogP contribution in [0.4, 0.5) is 5.95 Å². The molecule has 27 heavy (non-hydrogen) atoms. The summed E-state index contributed by atoms with van der Waals surface area (Å²) in [5.41, 5.74) is 4.06. The number of nitrogens with zero attached hydrogens (tertiary/aromatic N) is 3. The van der Waals surface area contributed by atoms with Crippen molar-refractivity contribution in [1.82, 2.24) is 9.55 Å². The molecule has 5 nitrogen and oxygen atoms in total. The number of imidazole rings is 1. The highest BCUT2D eigenvalue weighted by atomic mass is 16.5. The van der Waals surface area contributed by atoms with E-state index < -0.39 is 0 Å². The molecule has 0 aliphatic carbocycles. The summed E-state index contributed by atoms with van der Waals surface area (Å²) in [5, 5.41) is 0. The largest absolute Gasteiger partial charge is 0.497 e. The van der Waals surface area contributed by atoms with Gasteiger partial charge in [-0.05, 0) is 36.3 Å². The molecule has 1 aliphatic rings. The van der Waals surface area contributed by atoms with Gasteiger partial charge in [0.2, 0.25) is 11.9 Å². The number of hydrogen-bond acceptors (Lipinski definition) is 3. The van der Waals surface area contributed by atoms with E-state index in [1.165, 1.54) is 0 Å². The quantitative estimate of drug-likeness (QED) is 0.694. The van der Waals surface area contributed by atoms with Gasteiger partial charge in [-0.1, -0.05) is 48.5 Å². The maximum atomic E-state index is 12.5. The molecular weight excluding hydrogens is 338 g/mol. The number of aromatic nitrogens is 2. The molecule has 1 amide bonds. The van der Waals surface area contributed by atoms with Gasteiger partial charge in [0.05, 0.1) is 19.3 Å². The van der Waals surface area contributed by atoms with Crippen molar-refractivity contribution in [1.29, 1.82) is 0 Å². The maximum Gasteiger partial charge on any atom is 0.249 e. The fraction of sp³-hybridized carbons (Fsp3) is 0.182. The standard InChI is InChI=1S/C22H21N3O2/c1-16-20(13-10-17-6-4-3-5-7-17)23-22-24(16)15-21(26)25(22)14-18-8-11-19(27-2)12-9-18/h3-13H,14-15H2,1-2H3/b13-10+. The molecule has 0 atom stereocenters. The zero-order chi connectivity index (χ0) is 18.8. The lowest BCUT2D eigenvalue weighted by molar-refractivity contribution is -0.118. The van der Waals surface area contributed by atoms with Gasteiger partial charge in [0.25, 0.3) is 0 Å². The Balaban J connectivity index is 1.59. The second-order valence-corrected chi connectivity index (χ2v) is 6.54. The van der Waals surface area contributed by atoms with Crippen LogP contribution in [0.3, 0.4) is 0 Å². The van der Waals surface area contributed by atoms with Gasteiger partial charge in [0, 0.05) is 5.69 Å². The lowest BCUT2D eigenvalue weighted by atomic mass is 10.2. The van der Waals surface area contributed by atoms with E-state index >= 15 is 0 Å². The number of methoxy groups -OCH3 is 1. The van der Waals surface area contributed by atoms with E-state index in [0.29, 0.717) is 19.0 Å². The summed E-state index contributed by atoms with van der Waals surface area (Å²) in [6, 6.07) is 17.9. The van der Waals surface area contributed by atoms with Crippen molar-refractivity contribution in [2.45, 2.75) is 20.0 Å². The fourth-order valence-electron chi connectivity index (χ4n) is 3.23. The van der Waals surface area contributed by atoms with Crippen molar-refractivity contribution in [3.05, 3.63) is 77.1 Å². The van der Waals surface area contributed by atoms with Crippen molar-refractivity contribution >= 4 is 24.0 Å². The molecule has 0 saturated heterocycles. The van der Waals surface area contributed by atoms with Crippen LogP contribution in [0.15, 0.2) is 54.6 Å². The second-order valence-electron chi connectivity index (χ2n) is 6.54. The van der Waals surface area contributed by atoms with Crippen LogP contribution in [-0.4, -0.2) is 22.6 Å². The maximum absolute atomic E-state index is 12.5. The van der Waals surface area contributed by atoms with Crippen LogP contribution in [-0.2, 0) is 17.9 Å². The third-order valence-corrected chi connectivity index (χ3v) is 4.81. The van der Waals surface area contributed by atoms with Crippen molar-refractivity contribution in [3.63, 3.8) is 0 Å². The number of amides is 1. The minimum Gasteiger partial charge on any atom is -0.497 e. The molecule has 2 aromatic carbocycles. The van der Waals surface area contributed by atoms with Crippen LogP contribution in [0.2, 0.25) is 0 Å². The Labute approximate surface area is 158 Å². The topological polar surface area (TPSA) is 47.4 Å². The van der Waals surface area contributed by atoms with E-state index in [4.69, 9.17) is 9.72 Å². The van der Waals surface area contributed by atoms with Gasteiger partial charge in [0.1, 0.15) is 12.3 Å². The number of benzene rings is 2. The molecule has 1 aliphatic heterocycles. The number of ether oxygens (including phenoxy) is 1. The number of carbonyl (C=O) groups is 1. The first-order chi connectivity index (χ1) is 13.2. The molecule has 0 bridgehead atoms. The smallest absolute Gasteiger partial charge is 0.249 e. The number of fused-ring (bicyclic) bond motifs is 1. The summed E-state index contributed by atoms with van der Waals surface area (Å²) in [4.78, 5) is 19.0. The van der Waals surface area contributed by atoms with Gasteiger partial charge in [-0.3, -0.25) is 9.69 Å². The first-order valence-electron chi connectivity index (χ1n) is 8.89. The van der Waals surface area contributed by atoms with Crippen molar-refractivity contribution in [3.8, 4) is 5.75 Å². The lowest BCUT2D eigenvalue weighted by Gasteiger charge is -2.14. The van der Waals surface area contributed by atoms with Gasteiger partial charge >= 0.3 is 0 Å². The normalized spacial score (nSPS) is 13.4. The molecule has 4 rings (SSSR count). The van der Waals surface area contributed by atoms with Crippen LogP contribution in [0.25, 0.3) is 12.2 Å². The van der Waals surface area contributed by atoms with Crippen LogP contribution < -0.4 is 9.64 Å². The zero-order valence-electron chi connectivity index (χ0n) is 15.4. The first kappa shape index (κ1) is 17.1. The van der Waals surface area contributed by atoms with Gasteiger partial charge in [-0.2, -0.15) is 0 Å². The highest BCUT2D eigenvalue weighted by Crippen LogP contribution is 2.28. The van der Waals surface area contributed by atoms with E-state index in [0.717, 1.165) is 28.3 Å². The minimum absolute atomic E-state index is 0.0648. The summed E-state index contributed by atoms with van der Waals surface area (Å²) >= 11 is 0. The van der Waals surface area contributed by atoms with E-state index in [1.54, 1.807) is 12.0 Å². The first-order valence-corrected chi connectivity index (χ1v) is 8.89. The summed E-state index contributed by atoms with van der Waals surface area (Å²) in [7, 11) is 1.64. The Bertz CT molecular complexity index is 988. The lowest BCUT2D eigenvalue weighted by Crippen LogP contribution is -2.26. The van der Waals surface area contributed by atoms with Gasteiger partial charge in [0.15, 0.2) is 0 Å². The number of hydrogen-bond donors (Lipinski definition) is 0. The average Bonchev–Trinajstić information content (AvgIpc) is 3.17. The summed E-state index contributed by atoms with van der Waals surface area (Å²) in [5.74, 6) is 1.58. The molecule has 136 valence electrons. The Hall–Kier alpha value is -3.34. The number of rotatable bonds is 5. The van der Waals surface area contributed by atoms with Crippen molar-refractivity contribution in [2.24, 2.45) is 0 Å². The van der Waals surface area contributed by atoms with Crippen LogP contribution in [0, 0.1) is 6.92 Å². The minimum atomic E-state index is 0.0648. The second kappa shape index (κ2) is 7.11. The zero-order valence-corrected chi connectivity index (χ0v) is 15.4. The molecule has 0 spiro atoms. The number of carbonyl (C=O) groups excluding carboxylic acids is 1. The molecule has 0 unspecified atom stereocenters. The SMILES string of the molecule is COc1ccc(CN2C(=O)Cn3c2nc(/C=C/c2ccccc2)c3C)cc1. The monoisotopic (exact) mass is 359 g/mol. The molecule has 5 heteroatoms. The summed E-state index contributed by atoms with van der Waals surface area (Å²) in [6.45, 7) is 2.84. The Morgan fingerprint density at radius 2 is 1.81 bits per heavy atom. The van der Waals surface area contributed by atoms with Gasteiger partial charge in [-0.15, -0.1) is 0 Å². The van der Waals surface area contributed by atoms with Crippen molar-refractivity contribution in [2.75, 3.05) is 12.0 Å². The van der Waals surface area contributed by atoms with Gasteiger partial charge in [-0.25, -0.2) is 4.98 Å². The average molecular weight is 359 g/mol. The van der Waals surface area contributed by atoms with Crippen LogP contribution in [0.5, 0.6) is 5.75 Å². The van der Waals surface area contributed by atoms with E-state index in [-0.39, 0.29) is 5.91 Å². The Morgan fingerprint density at radius 3 is 2.52 bits per heavy atom. The number of anilines is 1. The van der Waals surface area contributed by atoms with E-state index in [1.807, 2.05) is 66.1 Å². The Kier molecular flexibility index (Phi) is 4.50. The third-order valence-electron chi connectivity index (χ3n) is 4.81. The molecule has 2 heterocycles. The van der Waals surface area contributed by atoms with E-state index in [9.17, 15) is 4.79 Å². The third kappa shape index (κ3) is 3.36. The summed E-state index contributed by atoms with van der Waals surface area (Å²) < 4.78 is 7.18. The molecule has 0 saturated carbocycles. The summed E-state index contributed by atoms with van der Waals surface area (Å²) in [6.07, 6.45) is 4.05. The highest BCUT2D eigenvalue weighted by Gasteiger charge is 2.31. The molecule has 0 fully saturated rings.